The molecule has 0 aliphatic heterocycles. The molecule has 0 amide bonds. The number of aliphatic carboxylic acids is 2. The summed E-state index contributed by atoms with van der Waals surface area (Å²) >= 11 is 0. The van der Waals surface area contributed by atoms with Gasteiger partial charge in [-0.05, 0) is 74.0 Å². The molecule has 5 rings (SSSR count). The van der Waals surface area contributed by atoms with Crippen LogP contribution in [0, 0.1) is 46.3 Å². The largest absolute Gasteiger partial charge is 0.481 e. The fourth-order valence-electron chi connectivity index (χ4n) is 8.34. The number of carbonyl (C=O) groups is 2. The Bertz CT molecular complexity index is 557. The van der Waals surface area contributed by atoms with Gasteiger partial charge in [-0.25, -0.2) is 0 Å². The number of carboxylic acids is 2. The summed E-state index contributed by atoms with van der Waals surface area (Å²) in [6.45, 7) is 0. The minimum Gasteiger partial charge on any atom is -0.481 e. The average molecular weight is 290 g/mol. The summed E-state index contributed by atoms with van der Waals surface area (Å²) in [5.41, 5.74) is -1.88. The molecule has 5 fully saturated rings. The molecule has 0 spiro atoms. The fourth-order valence-corrected chi connectivity index (χ4v) is 8.34. The van der Waals surface area contributed by atoms with E-state index in [1.54, 1.807) is 0 Å². The molecule has 2 N–H and O–H groups in total. The van der Waals surface area contributed by atoms with E-state index in [0.29, 0.717) is 24.2 Å². The zero-order valence-corrected chi connectivity index (χ0v) is 12.1. The highest BCUT2D eigenvalue weighted by atomic mass is 16.4. The number of carboxylic acid groups (broad SMARTS) is 2. The molecular weight excluding hydrogens is 268 g/mol. The van der Waals surface area contributed by atoms with Crippen LogP contribution in [0.1, 0.15) is 44.9 Å². The first-order valence-corrected chi connectivity index (χ1v) is 8.52. The molecule has 21 heavy (non-hydrogen) atoms. The summed E-state index contributed by atoms with van der Waals surface area (Å²) < 4.78 is 0. The van der Waals surface area contributed by atoms with Crippen molar-refractivity contribution in [3.8, 4) is 0 Å². The number of hydrogen-bond donors (Lipinski definition) is 2. The van der Waals surface area contributed by atoms with E-state index in [1.807, 2.05) is 0 Å². The van der Waals surface area contributed by atoms with Crippen LogP contribution in [0.3, 0.4) is 0 Å². The van der Waals surface area contributed by atoms with E-state index < -0.39 is 22.8 Å². The maximum absolute atomic E-state index is 12.4. The van der Waals surface area contributed by atoms with Crippen molar-refractivity contribution in [1.82, 2.24) is 0 Å². The van der Waals surface area contributed by atoms with E-state index in [2.05, 4.69) is 0 Å². The van der Waals surface area contributed by atoms with Crippen molar-refractivity contribution >= 4 is 11.9 Å². The summed E-state index contributed by atoms with van der Waals surface area (Å²) in [5, 5.41) is 20.4. The molecular formula is C17H22O4. The van der Waals surface area contributed by atoms with Gasteiger partial charge in [-0.1, -0.05) is 6.42 Å². The summed E-state index contributed by atoms with van der Waals surface area (Å²) in [6.07, 6.45) is 6.86. The van der Waals surface area contributed by atoms with Crippen LogP contribution in [0.5, 0.6) is 0 Å². The maximum Gasteiger partial charge on any atom is 0.311 e. The van der Waals surface area contributed by atoms with Crippen LogP contribution >= 0.6 is 0 Å². The second kappa shape index (κ2) is 3.47. The molecule has 0 saturated heterocycles. The van der Waals surface area contributed by atoms with Gasteiger partial charge in [0.25, 0.3) is 0 Å². The molecule has 0 aromatic carbocycles. The van der Waals surface area contributed by atoms with Gasteiger partial charge in [0.15, 0.2) is 0 Å². The van der Waals surface area contributed by atoms with Crippen molar-refractivity contribution in [2.75, 3.05) is 0 Å². The lowest BCUT2D eigenvalue weighted by molar-refractivity contribution is -0.192. The molecule has 4 bridgehead atoms. The van der Waals surface area contributed by atoms with Gasteiger partial charge in [-0.15, -0.1) is 0 Å². The molecule has 0 aromatic rings. The van der Waals surface area contributed by atoms with Gasteiger partial charge in [0, 0.05) is 0 Å². The third-order valence-corrected chi connectivity index (χ3v) is 8.40. The van der Waals surface area contributed by atoms with Crippen molar-refractivity contribution < 1.29 is 19.8 Å². The van der Waals surface area contributed by atoms with Crippen LogP contribution in [0.15, 0.2) is 0 Å². The number of rotatable bonds is 2. The van der Waals surface area contributed by atoms with Gasteiger partial charge in [0.05, 0.1) is 10.8 Å². The summed E-state index contributed by atoms with van der Waals surface area (Å²) in [4.78, 5) is 24.8. The van der Waals surface area contributed by atoms with Gasteiger partial charge < -0.3 is 10.2 Å². The Morgan fingerprint density at radius 2 is 1.76 bits per heavy atom. The van der Waals surface area contributed by atoms with Crippen LogP contribution in [0.25, 0.3) is 0 Å². The monoisotopic (exact) mass is 290 g/mol. The highest BCUT2D eigenvalue weighted by molar-refractivity contribution is 5.90. The zero-order chi connectivity index (χ0) is 14.6. The minimum atomic E-state index is -0.949. The SMILES string of the molecule is O=C(O)C12CC(C3CCCC31)C1C3CCC(C3)C12C(=O)O. The van der Waals surface area contributed by atoms with Crippen molar-refractivity contribution in [3.63, 3.8) is 0 Å². The van der Waals surface area contributed by atoms with E-state index in [1.165, 1.54) is 0 Å². The first-order chi connectivity index (χ1) is 10.0. The smallest absolute Gasteiger partial charge is 0.311 e. The van der Waals surface area contributed by atoms with E-state index in [0.717, 1.165) is 38.5 Å². The molecule has 0 heterocycles. The van der Waals surface area contributed by atoms with Crippen LogP contribution in [0.4, 0.5) is 0 Å². The Hall–Kier alpha value is -1.06. The summed E-state index contributed by atoms with van der Waals surface area (Å²) in [7, 11) is 0. The van der Waals surface area contributed by atoms with Gasteiger partial charge in [0.2, 0.25) is 0 Å². The van der Waals surface area contributed by atoms with Gasteiger partial charge in [-0.3, -0.25) is 9.59 Å². The molecule has 114 valence electrons. The van der Waals surface area contributed by atoms with E-state index in [4.69, 9.17) is 0 Å². The molecule has 8 atom stereocenters. The predicted molar refractivity (Wildman–Crippen MR) is 73.4 cm³/mol. The Labute approximate surface area is 123 Å². The van der Waals surface area contributed by atoms with Crippen molar-refractivity contribution in [3.05, 3.63) is 0 Å². The van der Waals surface area contributed by atoms with Crippen molar-refractivity contribution in [2.45, 2.75) is 44.9 Å². The van der Waals surface area contributed by atoms with Gasteiger partial charge in [-0.2, -0.15) is 0 Å². The normalized spacial score (nSPS) is 59.2. The fraction of sp³-hybridized carbons (Fsp3) is 0.882. The van der Waals surface area contributed by atoms with Crippen LogP contribution in [-0.4, -0.2) is 22.2 Å². The molecule has 4 heteroatoms. The third-order valence-electron chi connectivity index (χ3n) is 8.40. The van der Waals surface area contributed by atoms with E-state index in [9.17, 15) is 19.8 Å². The highest BCUT2D eigenvalue weighted by Crippen LogP contribution is 2.83. The quantitative estimate of drug-likeness (QED) is 0.767. The molecule has 0 aromatic heterocycles. The lowest BCUT2D eigenvalue weighted by Crippen LogP contribution is -2.60. The molecule has 5 aliphatic carbocycles. The maximum atomic E-state index is 12.4. The van der Waals surface area contributed by atoms with Crippen LogP contribution in [-0.2, 0) is 9.59 Å². The standard InChI is InChI=1S/C17H22O4/c18-14(19)16-7-11(10-2-1-3-12(10)16)13-8-4-5-9(6-8)17(13,16)15(20)21/h8-13H,1-7H2,(H,18,19)(H,20,21). The molecule has 8 unspecified atom stereocenters. The Balaban J connectivity index is 1.78. The Morgan fingerprint density at radius 3 is 2.48 bits per heavy atom. The molecule has 5 saturated carbocycles. The molecule has 0 radical (unpaired) electrons. The van der Waals surface area contributed by atoms with E-state index in [-0.39, 0.29) is 17.8 Å². The first kappa shape index (κ1) is 12.5. The lowest BCUT2D eigenvalue weighted by atomic mass is 9.48. The van der Waals surface area contributed by atoms with Crippen LogP contribution < -0.4 is 0 Å². The lowest BCUT2D eigenvalue weighted by Gasteiger charge is -2.52. The van der Waals surface area contributed by atoms with Gasteiger partial charge >= 0.3 is 11.9 Å². The molecule has 5 aliphatic rings. The topological polar surface area (TPSA) is 74.6 Å². The van der Waals surface area contributed by atoms with E-state index >= 15 is 0 Å². The average Bonchev–Trinajstić information content (AvgIpc) is 3.20. The predicted octanol–water partition coefficient (Wildman–Crippen LogP) is 2.62. The number of hydrogen-bond acceptors (Lipinski definition) is 2. The summed E-state index contributed by atoms with van der Waals surface area (Å²) in [6, 6.07) is 0. The summed E-state index contributed by atoms with van der Waals surface area (Å²) in [5.74, 6) is 0.189. The minimum absolute atomic E-state index is 0.118. The van der Waals surface area contributed by atoms with Crippen molar-refractivity contribution in [2.24, 2.45) is 46.3 Å². The second-order valence-electron chi connectivity index (χ2n) is 8.32. The van der Waals surface area contributed by atoms with Crippen molar-refractivity contribution in [1.29, 1.82) is 0 Å². The first-order valence-electron chi connectivity index (χ1n) is 8.52. The highest BCUT2D eigenvalue weighted by Gasteiger charge is 2.85. The Kier molecular flexibility index (Phi) is 2.06. The zero-order valence-electron chi connectivity index (χ0n) is 12.1. The Morgan fingerprint density at radius 1 is 0.952 bits per heavy atom. The van der Waals surface area contributed by atoms with Crippen LogP contribution in [0.2, 0.25) is 0 Å². The molecule has 4 nitrogen and oxygen atoms in total. The third kappa shape index (κ3) is 0.994. The second-order valence-corrected chi connectivity index (χ2v) is 8.32. The number of fused-ring (bicyclic) bond motifs is 12. The van der Waals surface area contributed by atoms with Gasteiger partial charge in [0.1, 0.15) is 0 Å².